The van der Waals surface area contributed by atoms with Crippen LogP contribution in [0, 0.1) is 0 Å². The van der Waals surface area contributed by atoms with Crippen molar-refractivity contribution in [1.29, 1.82) is 0 Å². The topological polar surface area (TPSA) is 37.3 Å². The van der Waals surface area contributed by atoms with E-state index in [-0.39, 0.29) is 5.91 Å². The van der Waals surface area contributed by atoms with Gasteiger partial charge in [-0.1, -0.05) is 18.2 Å². The first-order valence-electron chi connectivity index (χ1n) is 7.99. The number of carbonyl (C=O) groups excluding carboxylic acids is 1. The number of hydrogen-bond acceptors (Lipinski definition) is 2. The minimum atomic E-state index is 0.121. The minimum Gasteiger partial charge on any atom is -0.336 e. The maximum atomic E-state index is 12.5. The Hall–Kier alpha value is -2.59. The molecule has 0 atom stereocenters. The normalized spacial score (nSPS) is 15.0. The van der Waals surface area contributed by atoms with Gasteiger partial charge in [-0.15, -0.1) is 0 Å². The van der Waals surface area contributed by atoms with Gasteiger partial charge in [-0.25, -0.2) is 0 Å². The molecule has 23 heavy (non-hydrogen) atoms. The summed E-state index contributed by atoms with van der Waals surface area (Å²) in [7, 11) is 0. The molecule has 3 aromatic rings. The maximum Gasteiger partial charge on any atom is 0.253 e. The Morgan fingerprint density at radius 3 is 2.43 bits per heavy atom. The molecule has 1 fully saturated rings. The number of nitrogens with one attached hydrogen (secondary N) is 1. The molecule has 4 nitrogen and oxygen atoms in total. The Kier molecular flexibility index (Phi) is 3.60. The van der Waals surface area contributed by atoms with Crippen molar-refractivity contribution in [1.82, 2.24) is 14.8 Å². The summed E-state index contributed by atoms with van der Waals surface area (Å²) in [6, 6.07) is 18.3. The summed E-state index contributed by atoms with van der Waals surface area (Å²) in [5, 5.41) is 4.48. The molecule has 1 amide bonds. The molecule has 0 radical (unpaired) electrons. The van der Waals surface area contributed by atoms with Gasteiger partial charge in [-0.2, -0.15) is 0 Å². The Morgan fingerprint density at radius 2 is 1.65 bits per heavy atom. The molecule has 2 heterocycles. The van der Waals surface area contributed by atoms with E-state index < -0.39 is 0 Å². The summed E-state index contributed by atoms with van der Waals surface area (Å²) in [5.74, 6) is 0.121. The molecule has 116 valence electrons. The van der Waals surface area contributed by atoms with E-state index in [1.54, 1.807) is 0 Å². The summed E-state index contributed by atoms with van der Waals surface area (Å²) in [6.07, 6.45) is 2.07. The molecule has 1 aromatic heterocycles. The second-order valence-electron chi connectivity index (χ2n) is 5.83. The van der Waals surface area contributed by atoms with Crippen molar-refractivity contribution < 1.29 is 4.79 Å². The van der Waals surface area contributed by atoms with Crippen LogP contribution in [0.25, 0.3) is 16.6 Å². The molecule has 4 heteroatoms. The summed E-state index contributed by atoms with van der Waals surface area (Å²) in [6.45, 7) is 3.31. The average Bonchev–Trinajstić information content (AvgIpc) is 3.06. The van der Waals surface area contributed by atoms with E-state index in [4.69, 9.17) is 0 Å². The predicted octanol–water partition coefficient (Wildman–Crippen LogP) is 2.68. The van der Waals surface area contributed by atoms with Crippen molar-refractivity contribution in [2.45, 2.75) is 0 Å². The molecule has 0 spiro atoms. The highest BCUT2D eigenvalue weighted by atomic mass is 16.2. The number of carbonyl (C=O) groups is 1. The highest BCUT2D eigenvalue weighted by molar-refractivity contribution is 5.94. The number of benzene rings is 2. The molecule has 1 N–H and O–H groups in total. The average molecular weight is 305 g/mol. The van der Waals surface area contributed by atoms with Gasteiger partial charge in [0.25, 0.3) is 5.91 Å². The second kappa shape index (κ2) is 5.89. The van der Waals surface area contributed by atoms with Crippen LogP contribution in [0.2, 0.25) is 0 Å². The Balaban J connectivity index is 1.61. The van der Waals surface area contributed by atoms with E-state index in [2.05, 4.69) is 34.3 Å². The first-order chi connectivity index (χ1) is 11.3. The van der Waals surface area contributed by atoms with Crippen LogP contribution >= 0.6 is 0 Å². The monoisotopic (exact) mass is 305 g/mol. The van der Waals surface area contributed by atoms with Crippen LogP contribution in [0.3, 0.4) is 0 Å². The summed E-state index contributed by atoms with van der Waals surface area (Å²) in [5.41, 5.74) is 3.00. The van der Waals surface area contributed by atoms with Gasteiger partial charge in [0.2, 0.25) is 0 Å². The SMILES string of the molecule is O=C(c1ccc(-n2ccc3ccccc32)cc1)N1CCNCC1. The van der Waals surface area contributed by atoms with E-state index in [9.17, 15) is 4.79 Å². The Labute approximate surface area is 135 Å². The molecule has 1 aliphatic rings. The number of nitrogens with zero attached hydrogens (tertiary/aromatic N) is 2. The van der Waals surface area contributed by atoms with Crippen molar-refractivity contribution in [2.24, 2.45) is 0 Å². The molecule has 0 saturated carbocycles. The quantitative estimate of drug-likeness (QED) is 0.790. The lowest BCUT2D eigenvalue weighted by Gasteiger charge is -2.27. The molecule has 1 aliphatic heterocycles. The Morgan fingerprint density at radius 1 is 0.913 bits per heavy atom. The number of aromatic nitrogens is 1. The first kappa shape index (κ1) is 14.0. The van der Waals surface area contributed by atoms with Gasteiger partial charge in [-0.3, -0.25) is 4.79 Å². The number of rotatable bonds is 2. The highest BCUT2D eigenvalue weighted by Crippen LogP contribution is 2.20. The number of fused-ring (bicyclic) bond motifs is 1. The van der Waals surface area contributed by atoms with E-state index in [0.717, 1.165) is 37.4 Å². The van der Waals surface area contributed by atoms with Crippen LogP contribution in [0.5, 0.6) is 0 Å². The molecule has 4 rings (SSSR count). The predicted molar refractivity (Wildman–Crippen MR) is 92.0 cm³/mol. The number of para-hydroxylation sites is 1. The van der Waals surface area contributed by atoms with Gasteiger partial charge in [0, 0.05) is 43.6 Å². The third-order valence-electron chi connectivity index (χ3n) is 4.40. The smallest absolute Gasteiger partial charge is 0.253 e. The fourth-order valence-corrected chi connectivity index (χ4v) is 3.12. The van der Waals surface area contributed by atoms with Crippen molar-refractivity contribution in [3.05, 3.63) is 66.4 Å². The van der Waals surface area contributed by atoms with Gasteiger partial charge in [0.05, 0.1) is 5.52 Å². The van der Waals surface area contributed by atoms with E-state index in [1.807, 2.05) is 41.3 Å². The van der Waals surface area contributed by atoms with Gasteiger partial charge in [0.1, 0.15) is 0 Å². The van der Waals surface area contributed by atoms with Crippen LogP contribution in [0.1, 0.15) is 10.4 Å². The standard InChI is InChI=1S/C19H19N3O/c23-19(21-13-10-20-11-14-21)16-5-7-17(8-6-16)22-12-9-15-3-1-2-4-18(15)22/h1-9,12,20H,10-11,13-14H2. The maximum absolute atomic E-state index is 12.5. The van der Waals surface area contributed by atoms with Crippen molar-refractivity contribution in [3.8, 4) is 5.69 Å². The molecule has 2 aromatic carbocycles. The van der Waals surface area contributed by atoms with Gasteiger partial charge >= 0.3 is 0 Å². The highest BCUT2D eigenvalue weighted by Gasteiger charge is 2.17. The Bertz CT molecular complexity index is 829. The second-order valence-corrected chi connectivity index (χ2v) is 5.83. The first-order valence-corrected chi connectivity index (χ1v) is 7.99. The lowest BCUT2D eigenvalue weighted by Crippen LogP contribution is -2.46. The molecule has 0 bridgehead atoms. The third-order valence-corrected chi connectivity index (χ3v) is 4.40. The van der Waals surface area contributed by atoms with Crippen molar-refractivity contribution in [3.63, 3.8) is 0 Å². The lowest BCUT2D eigenvalue weighted by atomic mass is 10.1. The zero-order chi connectivity index (χ0) is 15.6. The number of hydrogen-bond donors (Lipinski definition) is 1. The van der Waals surface area contributed by atoms with Gasteiger partial charge < -0.3 is 14.8 Å². The number of amides is 1. The lowest BCUT2D eigenvalue weighted by molar-refractivity contribution is 0.0736. The molecular formula is C19H19N3O. The zero-order valence-electron chi connectivity index (χ0n) is 12.9. The largest absolute Gasteiger partial charge is 0.336 e. The van der Waals surface area contributed by atoms with Crippen LogP contribution in [0.15, 0.2) is 60.8 Å². The van der Waals surface area contributed by atoms with Crippen molar-refractivity contribution >= 4 is 16.8 Å². The van der Waals surface area contributed by atoms with Gasteiger partial charge in [-0.05, 0) is 41.8 Å². The van der Waals surface area contributed by atoms with Crippen LogP contribution in [-0.2, 0) is 0 Å². The molecular weight excluding hydrogens is 286 g/mol. The molecule has 1 saturated heterocycles. The summed E-state index contributed by atoms with van der Waals surface area (Å²) in [4.78, 5) is 14.4. The fourth-order valence-electron chi connectivity index (χ4n) is 3.12. The zero-order valence-corrected chi connectivity index (χ0v) is 12.9. The van der Waals surface area contributed by atoms with Crippen LogP contribution in [0.4, 0.5) is 0 Å². The van der Waals surface area contributed by atoms with Crippen molar-refractivity contribution in [2.75, 3.05) is 26.2 Å². The summed E-state index contributed by atoms with van der Waals surface area (Å²) >= 11 is 0. The molecule has 0 aliphatic carbocycles. The fraction of sp³-hybridized carbons (Fsp3) is 0.211. The molecule has 0 unspecified atom stereocenters. The summed E-state index contributed by atoms with van der Waals surface area (Å²) < 4.78 is 2.15. The van der Waals surface area contributed by atoms with Crippen LogP contribution < -0.4 is 5.32 Å². The van der Waals surface area contributed by atoms with E-state index >= 15 is 0 Å². The van der Waals surface area contributed by atoms with E-state index in [0.29, 0.717) is 0 Å². The van der Waals surface area contributed by atoms with E-state index in [1.165, 1.54) is 10.9 Å². The third kappa shape index (κ3) is 2.62. The number of piperazine rings is 1. The van der Waals surface area contributed by atoms with Gasteiger partial charge in [0.15, 0.2) is 0 Å². The van der Waals surface area contributed by atoms with Crippen LogP contribution in [-0.4, -0.2) is 41.6 Å². The minimum absolute atomic E-state index is 0.121.